The maximum atomic E-state index is 4.45. The third kappa shape index (κ3) is 5.99. The fourth-order valence-corrected chi connectivity index (χ4v) is 4.01. The van der Waals surface area contributed by atoms with Crippen LogP contribution in [0.3, 0.4) is 0 Å². The summed E-state index contributed by atoms with van der Waals surface area (Å²) < 4.78 is 0. The Labute approximate surface area is 200 Å². The molecule has 0 saturated carbocycles. The first-order valence-electron chi connectivity index (χ1n) is 11.4. The highest BCUT2D eigenvalue weighted by atomic mass is 14.2. The van der Waals surface area contributed by atoms with Gasteiger partial charge in [-0.3, -0.25) is 0 Å². The van der Waals surface area contributed by atoms with Gasteiger partial charge in [0.2, 0.25) is 0 Å². The van der Waals surface area contributed by atoms with E-state index in [2.05, 4.69) is 133 Å². The van der Waals surface area contributed by atoms with Crippen LogP contribution < -0.4 is 0 Å². The first-order valence-corrected chi connectivity index (χ1v) is 11.4. The summed E-state index contributed by atoms with van der Waals surface area (Å²) in [6, 6.07) is 23.5. The van der Waals surface area contributed by atoms with Gasteiger partial charge in [0.15, 0.2) is 0 Å². The van der Waals surface area contributed by atoms with Crippen molar-refractivity contribution in [2.45, 2.75) is 34.6 Å². The molecule has 0 unspecified atom stereocenters. The quantitative estimate of drug-likeness (QED) is 0.259. The average Bonchev–Trinajstić information content (AvgIpc) is 2.80. The van der Waals surface area contributed by atoms with Crippen molar-refractivity contribution in [1.29, 1.82) is 0 Å². The summed E-state index contributed by atoms with van der Waals surface area (Å²) >= 11 is 0. The van der Waals surface area contributed by atoms with Crippen LogP contribution >= 0.6 is 0 Å². The van der Waals surface area contributed by atoms with Crippen LogP contribution in [-0.2, 0) is 0 Å². The summed E-state index contributed by atoms with van der Waals surface area (Å²) in [5.74, 6) is 0. The molecule has 0 spiro atoms. The van der Waals surface area contributed by atoms with Crippen molar-refractivity contribution in [3.05, 3.63) is 142 Å². The monoisotopic (exact) mass is 430 g/mol. The minimum atomic E-state index is 0.994. The Balaban J connectivity index is 2.01. The fraction of sp³-hybridized carbons (Fsp3) is 0.152. The molecule has 0 aliphatic heterocycles. The lowest BCUT2D eigenvalue weighted by atomic mass is 9.88. The SMILES string of the molecule is C=C(C)/C(=C/C(=C)/C(=C/C)c1cc(C)ccc1C)c1cc(/C=C/c2ccccc2)ccc1C. The molecule has 0 saturated heterocycles. The zero-order chi connectivity index (χ0) is 24.0. The standard InChI is InChI=1S/C33H34/c1-8-30(32-20-24(4)14-15-25(32)5)27(7)21-31(23(2)3)33-22-29(17-16-26(33)6)19-18-28-12-10-9-11-13-28/h8-22H,2,7H2,1,3-6H3/b19-18+,30-8-,31-21-. The molecule has 0 radical (unpaired) electrons. The van der Waals surface area contributed by atoms with Crippen molar-refractivity contribution in [3.8, 4) is 0 Å². The summed E-state index contributed by atoms with van der Waals surface area (Å²) in [6.07, 6.45) is 8.65. The second-order valence-electron chi connectivity index (χ2n) is 8.70. The molecule has 0 atom stereocenters. The summed E-state index contributed by atoms with van der Waals surface area (Å²) in [4.78, 5) is 0. The van der Waals surface area contributed by atoms with E-state index >= 15 is 0 Å². The molecule has 0 aliphatic rings. The Bertz CT molecular complexity index is 1260. The first kappa shape index (κ1) is 24.0. The average molecular weight is 431 g/mol. The van der Waals surface area contributed by atoms with E-state index in [1.807, 2.05) is 6.07 Å². The molecule has 0 heteroatoms. The van der Waals surface area contributed by atoms with Gasteiger partial charge in [-0.25, -0.2) is 0 Å². The zero-order valence-corrected chi connectivity index (χ0v) is 20.6. The molecule has 0 aromatic heterocycles. The molecule has 0 bridgehead atoms. The van der Waals surface area contributed by atoms with Crippen LogP contribution in [0, 0.1) is 20.8 Å². The Hall–Kier alpha value is -3.64. The molecule has 166 valence electrons. The van der Waals surface area contributed by atoms with E-state index in [0.717, 1.165) is 27.9 Å². The van der Waals surface area contributed by atoms with Gasteiger partial charge in [0.25, 0.3) is 0 Å². The van der Waals surface area contributed by atoms with E-state index < -0.39 is 0 Å². The molecule has 3 aromatic rings. The van der Waals surface area contributed by atoms with Crippen LogP contribution in [0.25, 0.3) is 23.3 Å². The summed E-state index contributed by atoms with van der Waals surface area (Å²) in [7, 11) is 0. The van der Waals surface area contributed by atoms with Gasteiger partial charge in [-0.2, -0.15) is 0 Å². The molecular weight excluding hydrogens is 396 g/mol. The molecule has 0 nitrogen and oxygen atoms in total. The van der Waals surface area contributed by atoms with Gasteiger partial charge in [-0.15, -0.1) is 0 Å². The van der Waals surface area contributed by atoms with E-state index in [4.69, 9.17) is 0 Å². The predicted molar refractivity (Wildman–Crippen MR) is 148 cm³/mol. The van der Waals surface area contributed by atoms with Gasteiger partial charge in [0.1, 0.15) is 0 Å². The normalized spacial score (nSPS) is 12.3. The van der Waals surface area contributed by atoms with Gasteiger partial charge in [0.05, 0.1) is 0 Å². The molecule has 0 aliphatic carbocycles. The zero-order valence-electron chi connectivity index (χ0n) is 20.6. The number of rotatable bonds is 7. The van der Waals surface area contributed by atoms with Crippen molar-refractivity contribution in [3.63, 3.8) is 0 Å². The topological polar surface area (TPSA) is 0 Å². The molecule has 3 aromatic carbocycles. The van der Waals surface area contributed by atoms with Crippen molar-refractivity contribution in [2.24, 2.45) is 0 Å². The van der Waals surface area contributed by atoms with Gasteiger partial charge >= 0.3 is 0 Å². The third-order valence-electron chi connectivity index (χ3n) is 5.92. The molecule has 0 N–H and O–H groups in total. The number of aryl methyl sites for hydroxylation is 3. The lowest BCUT2D eigenvalue weighted by Gasteiger charge is -2.16. The number of hydrogen-bond donors (Lipinski definition) is 0. The number of hydrogen-bond acceptors (Lipinski definition) is 0. The highest BCUT2D eigenvalue weighted by Gasteiger charge is 2.12. The van der Waals surface area contributed by atoms with Crippen molar-refractivity contribution >= 4 is 23.3 Å². The maximum absolute atomic E-state index is 4.45. The van der Waals surface area contributed by atoms with Crippen LogP contribution in [0.1, 0.15) is 52.8 Å². The predicted octanol–water partition coefficient (Wildman–Crippen LogP) is 9.40. The highest BCUT2D eigenvalue weighted by Crippen LogP contribution is 2.32. The smallest absolute Gasteiger partial charge is 0.0146 e. The fourth-order valence-electron chi connectivity index (χ4n) is 4.01. The van der Waals surface area contributed by atoms with Crippen LogP contribution in [0.2, 0.25) is 0 Å². The maximum Gasteiger partial charge on any atom is -0.0146 e. The number of benzene rings is 3. The molecule has 0 heterocycles. The largest absolute Gasteiger partial charge is 0.0955 e. The van der Waals surface area contributed by atoms with Crippen LogP contribution in [-0.4, -0.2) is 0 Å². The third-order valence-corrected chi connectivity index (χ3v) is 5.92. The van der Waals surface area contributed by atoms with Crippen LogP contribution in [0.4, 0.5) is 0 Å². The van der Waals surface area contributed by atoms with Gasteiger partial charge < -0.3 is 0 Å². The summed E-state index contributed by atoms with van der Waals surface area (Å²) in [5, 5.41) is 0. The van der Waals surface area contributed by atoms with Crippen LogP contribution in [0.15, 0.2) is 103 Å². The second-order valence-corrected chi connectivity index (χ2v) is 8.70. The molecule has 33 heavy (non-hydrogen) atoms. The minimum absolute atomic E-state index is 0.994. The van der Waals surface area contributed by atoms with Crippen LogP contribution in [0.5, 0.6) is 0 Å². The molecule has 0 amide bonds. The minimum Gasteiger partial charge on any atom is -0.0955 e. The van der Waals surface area contributed by atoms with Crippen molar-refractivity contribution in [2.75, 3.05) is 0 Å². The van der Waals surface area contributed by atoms with E-state index in [9.17, 15) is 0 Å². The van der Waals surface area contributed by atoms with Crippen molar-refractivity contribution in [1.82, 2.24) is 0 Å². The Kier molecular flexibility index (Phi) is 7.85. The van der Waals surface area contributed by atoms with E-state index in [0.29, 0.717) is 0 Å². The lowest BCUT2D eigenvalue weighted by Crippen LogP contribution is -1.96. The Morgan fingerprint density at radius 2 is 1.30 bits per heavy atom. The van der Waals surface area contributed by atoms with Gasteiger partial charge in [0, 0.05) is 0 Å². The molecule has 3 rings (SSSR count). The highest BCUT2D eigenvalue weighted by molar-refractivity contribution is 5.90. The van der Waals surface area contributed by atoms with E-state index in [1.54, 1.807) is 0 Å². The summed E-state index contributed by atoms with van der Waals surface area (Å²) in [5.41, 5.74) is 12.8. The number of allylic oxidation sites excluding steroid dienone is 6. The Morgan fingerprint density at radius 3 is 1.94 bits per heavy atom. The van der Waals surface area contributed by atoms with Gasteiger partial charge in [-0.1, -0.05) is 103 Å². The van der Waals surface area contributed by atoms with E-state index in [1.165, 1.54) is 33.4 Å². The van der Waals surface area contributed by atoms with E-state index in [-0.39, 0.29) is 0 Å². The van der Waals surface area contributed by atoms with Gasteiger partial charge in [-0.05, 0) is 96.9 Å². The first-order chi connectivity index (χ1) is 15.8. The Morgan fingerprint density at radius 1 is 0.697 bits per heavy atom. The second kappa shape index (κ2) is 10.8. The van der Waals surface area contributed by atoms with Crippen molar-refractivity contribution < 1.29 is 0 Å². The molecule has 0 fully saturated rings. The summed E-state index contributed by atoms with van der Waals surface area (Å²) in [6.45, 7) is 19.3. The molecular formula is C33H34. The lowest BCUT2D eigenvalue weighted by molar-refractivity contribution is 1.35.